The Morgan fingerprint density at radius 2 is 1.87 bits per heavy atom. The second-order valence-electron chi connectivity index (χ2n) is 9.12. The largest absolute Gasteiger partial charge is 0.327 e. The average Bonchev–Trinajstić information content (AvgIpc) is 3.63. The number of rotatable bonds is 8. The van der Waals surface area contributed by atoms with E-state index >= 15 is 0 Å². The minimum absolute atomic E-state index is 0.0492. The van der Waals surface area contributed by atoms with Crippen molar-refractivity contribution in [1.82, 2.24) is 19.7 Å². The lowest BCUT2D eigenvalue weighted by atomic mass is 9.99. The maximum Gasteiger partial charge on any atom is 0.254 e. The van der Waals surface area contributed by atoms with Crippen LogP contribution in [0.2, 0.25) is 0 Å². The Morgan fingerprint density at radius 3 is 2.59 bits per heavy atom. The molecule has 194 valence electrons. The van der Waals surface area contributed by atoms with Crippen LogP contribution in [-0.4, -0.2) is 25.6 Å². The van der Waals surface area contributed by atoms with Gasteiger partial charge in [-0.1, -0.05) is 24.3 Å². The highest BCUT2D eigenvalue weighted by Crippen LogP contribution is 2.28. The molecule has 3 aromatic carbocycles. The van der Waals surface area contributed by atoms with Gasteiger partial charge in [-0.05, 0) is 76.3 Å². The lowest BCUT2D eigenvalue weighted by Gasteiger charge is -2.24. The van der Waals surface area contributed by atoms with Crippen molar-refractivity contribution < 1.29 is 13.6 Å². The average molecular weight is 540 g/mol. The zero-order valence-electron chi connectivity index (χ0n) is 21.0. The second-order valence-corrected chi connectivity index (χ2v) is 9.90. The summed E-state index contributed by atoms with van der Waals surface area (Å²) >= 11 is 1.57. The molecule has 0 N–H and O–H groups in total. The van der Waals surface area contributed by atoms with Crippen LogP contribution in [0.1, 0.15) is 38.4 Å². The predicted octanol–water partition coefficient (Wildman–Crippen LogP) is 6.36. The Bertz CT molecular complexity index is 1660. The van der Waals surface area contributed by atoms with Gasteiger partial charge in [-0.15, -0.1) is 10.2 Å². The molecule has 0 saturated heterocycles. The van der Waals surface area contributed by atoms with E-state index in [4.69, 9.17) is 5.26 Å². The molecule has 0 radical (unpaired) electrons. The fourth-order valence-electron chi connectivity index (χ4n) is 4.31. The Balaban J connectivity index is 1.47. The maximum absolute atomic E-state index is 14.7. The Morgan fingerprint density at radius 1 is 1.05 bits per heavy atom. The van der Waals surface area contributed by atoms with Crippen molar-refractivity contribution in [1.29, 1.82) is 5.26 Å². The van der Waals surface area contributed by atoms with Crippen molar-refractivity contribution >= 4 is 17.2 Å². The van der Waals surface area contributed by atoms with Crippen LogP contribution in [0.4, 0.5) is 8.78 Å². The van der Waals surface area contributed by atoms with E-state index < -0.39 is 11.6 Å². The molecule has 0 aliphatic rings. The third-order valence-electron chi connectivity index (χ3n) is 6.44. The minimum Gasteiger partial charge on any atom is -0.327 e. The lowest BCUT2D eigenvalue weighted by molar-refractivity contribution is 0.0722. The van der Waals surface area contributed by atoms with Crippen LogP contribution in [0.15, 0.2) is 83.8 Å². The summed E-state index contributed by atoms with van der Waals surface area (Å²) < 4.78 is 30.0. The van der Waals surface area contributed by atoms with Crippen molar-refractivity contribution in [2.24, 2.45) is 0 Å². The topological polar surface area (TPSA) is 74.8 Å². The van der Waals surface area contributed by atoms with Gasteiger partial charge in [0, 0.05) is 23.7 Å². The molecule has 0 aliphatic heterocycles. The molecule has 0 atom stereocenters. The molecule has 0 unspecified atom stereocenters. The molecule has 0 fully saturated rings. The van der Waals surface area contributed by atoms with E-state index in [2.05, 4.69) is 16.3 Å². The Labute approximate surface area is 228 Å². The molecule has 2 aromatic heterocycles. The number of carbonyl (C=O) groups excluding carboxylic acids is 1. The van der Waals surface area contributed by atoms with Crippen LogP contribution in [-0.2, 0) is 19.6 Å². The summed E-state index contributed by atoms with van der Waals surface area (Å²) in [5.74, 6) is -1.23. The van der Waals surface area contributed by atoms with Gasteiger partial charge in [0.1, 0.15) is 18.0 Å². The normalized spacial score (nSPS) is 10.8. The van der Waals surface area contributed by atoms with Crippen LogP contribution in [0.5, 0.6) is 0 Å². The van der Waals surface area contributed by atoms with E-state index in [1.54, 1.807) is 40.4 Å². The van der Waals surface area contributed by atoms with Crippen molar-refractivity contribution in [3.05, 3.63) is 129 Å². The highest BCUT2D eigenvalue weighted by molar-refractivity contribution is 7.08. The quantitative estimate of drug-likeness (QED) is 0.230. The van der Waals surface area contributed by atoms with Gasteiger partial charge in [-0.2, -0.15) is 16.6 Å². The molecule has 2 heterocycles. The second kappa shape index (κ2) is 11.4. The number of carbonyl (C=O) groups is 1. The van der Waals surface area contributed by atoms with Gasteiger partial charge in [0.05, 0.1) is 24.7 Å². The third-order valence-corrected chi connectivity index (χ3v) is 7.13. The predicted molar refractivity (Wildman–Crippen MR) is 145 cm³/mol. The molecule has 0 aliphatic carbocycles. The number of aryl methyl sites for hydroxylation is 1. The number of halogens is 2. The van der Waals surface area contributed by atoms with E-state index in [0.29, 0.717) is 23.5 Å². The highest BCUT2D eigenvalue weighted by atomic mass is 32.1. The lowest BCUT2D eigenvalue weighted by Crippen LogP contribution is -2.32. The Kier molecular flexibility index (Phi) is 7.57. The van der Waals surface area contributed by atoms with E-state index in [9.17, 15) is 13.6 Å². The first-order chi connectivity index (χ1) is 18.9. The summed E-state index contributed by atoms with van der Waals surface area (Å²) in [7, 11) is 0. The SMILES string of the molecule is Cc1ccc(C(=O)N(Cc2ccc(F)cc2F)Cc2nncn2Cc2ccc(C#N)cc2)cc1-c1ccsc1. The molecule has 5 aromatic rings. The van der Waals surface area contributed by atoms with E-state index in [0.717, 1.165) is 28.3 Å². The zero-order valence-corrected chi connectivity index (χ0v) is 21.8. The zero-order chi connectivity index (χ0) is 27.4. The van der Waals surface area contributed by atoms with Crippen LogP contribution >= 0.6 is 11.3 Å². The molecule has 0 bridgehead atoms. The van der Waals surface area contributed by atoms with Crippen LogP contribution in [0.3, 0.4) is 0 Å². The van der Waals surface area contributed by atoms with Gasteiger partial charge in [0.25, 0.3) is 5.91 Å². The fourth-order valence-corrected chi connectivity index (χ4v) is 4.96. The number of hydrogen-bond acceptors (Lipinski definition) is 5. The Hall–Kier alpha value is -4.68. The van der Waals surface area contributed by atoms with Crippen LogP contribution < -0.4 is 0 Å². The van der Waals surface area contributed by atoms with Crippen molar-refractivity contribution in [3.63, 3.8) is 0 Å². The van der Waals surface area contributed by atoms with Crippen LogP contribution in [0, 0.1) is 29.9 Å². The summed E-state index contributed by atoms with van der Waals surface area (Å²) in [6.45, 7) is 2.37. The number of hydrogen-bond donors (Lipinski definition) is 0. The smallest absolute Gasteiger partial charge is 0.254 e. The van der Waals surface area contributed by atoms with Gasteiger partial charge >= 0.3 is 0 Å². The summed E-state index contributed by atoms with van der Waals surface area (Å²) in [6, 6.07) is 20.1. The third kappa shape index (κ3) is 5.92. The van der Waals surface area contributed by atoms with E-state index in [-0.39, 0.29) is 24.6 Å². The molecular formula is C30H23F2N5OS. The first-order valence-corrected chi connectivity index (χ1v) is 13.1. The number of amides is 1. The summed E-state index contributed by atoms with van der Waals surface area (Å²) in [5.41, 5.74) is 5.11. The molecule has 0 saturated carbocycles. The van der Waals surface area contributed by atoms with Crippen molar-refractivity contribution in [2.75, 3.05) is 0 Å². The number of aromatic nitrogens is 3. The van der Waals surface area contributed by atoms with Gasteiger partial charge in [0.15, 0.2) is 5.82 Å². The summed E-state index contributed by atoms with van der Waals surface area (Å²) in [6.07, 6.45) is 1.56. The first-order valence-electron chi connectivity index (χ1n) is 12.1. The first kappa shape index (κ1) is 25.9. The van der Waals surface area contributed by atoms with Crippen LogP contribution in [0.25, 0.3) is 11.1 Å². The number of benzene rings is 3. The standard InChI is InChI=1S/C30H23F2N5OS/c1-20-2-7-23(12-27(20)25-10-11-39-18-25)30(38)36(16-24-8-9-26(31)13-28(24)32)17-29-35-34-19-37(29)15-22-5-3-21(14-33)4-6-22/h2-13,18-19H,15-17H2,1H3. The van der Waals surface area contributed by atoms with Crippen molar-refractivity contribution in [3.8, 4) is 17.2 Å². The minimum atomic E-state index is -0.727. The number of nitrogens with zero attached hydrogens (tertiary/aromatic N) is 5. The van der Waals surface area contributed by atoms with E-state index in [1.807, 2.05) is 48.0 Å². The van der Waals surface area contributed by atoms with Gasteiger partial charge < -0.3 is 9.47 Å². The molecule has 5 rings (SSSR count). The van der Waals surface area contributed by atoms with Gasteiger partial charge in [-0.25, -0.2) is 8.78 Å². The highest BCUT2D eigenvalue weighted by Gasteiger charge is 2.22. The summed E-state index contributed by atoms with van der Waals surface area (Å²) in [5, 5.41) is 21.3. The van der Waals surface area contributed by atoms with Gasteiger partial charge in [-0.3, -0.25) is 4.79 Å². The molecule has 1 amide bonds. The molecule has 6 nitrogen and oxygen atoms in total. The molecule has 9 heteroatoms. The molecule has 0 spiro atoms. The van der Waals surface area contributed by atoms with Crippen molar-refractivity contribution in [2.45, 2.75) is 26.6 Å². The molecular weight excluding hydrogens is 516 g/mol. The van der Waals surface area contributed by atoms with E-state index in [1.165, 1.54) is 17.0 Å². The fraction of sp³-hybridized carbons (Fsp3) is 0.133. The molecule has 39 heavy (non-hydrogen) atoms. The maximum atomic E-state index is 14.7. The van der Waals surface area contributed by atoms with Gasteiger partial charge in [0.2, 0.25) is 0 Å². The number of thiophene rings is 1. The monoisotopic (exact) mass is 539 g/mol. The summed E-state index contributed by atoms with van der Waals surface area (Å²) in [4.78, 5) is 15.4. The number of nitriles is 1.